The van der Waals surface area contributed by atoms with Crippen LogP contribution in [-0.2, 0) is 0 Å². The average molecular weight is 1540 g/mol. The quantitative estimate of drug-likeness (QED) is 0.0886. The summed E-state index contributed by atoms with van der Waals surface area (Å²) < 4.78 is 25.4. The molecule has 0 spiro atoms. The summed E-state index contributed by atoms with van der Waals surface area (Å²) in [5.41, 5.74) is 24.8. The second-order valence-electron chi connectivity index (χ2n) is 31.8. The number of anilines is 12. The lowest BCUT2D eigenvalue weighted by atomic mass is 9.93. The minimum absolute atomic E-state index is 0.872. The fourth-order valence-electron chi connectivity index (χ4n) is 18.7. The Morgan fingerprint density at radius 2 is 0.350 bits per heavy atom. The molecular formula is C112H76N4O4. The highest BCUT2D eigenvalue weighted by Crippen LogP contribution is 2.56. The molecule has 0 aliphatic carbocycles. The zero-order valence-electron chi connectivity index (χ0n) is 66.4. The van der Waals surface area contributed by atoms with Gasteiger partial charge in [-0.3, -0.25) is 0 Å². The molecular weight excluding hydrogens is 1470 g/mol. The lowest BCUT2D eigenvalue weighted by Crippen LogP contribution is -2.15. The van der Waals surface area contributed by atoms with Crippen molar-refractivity contribution in [3.8, 4) is 0 Å². The van der Waals surface area contributed by atoms with Crippen LogP contribution in [0.4, 0.5) is 68.2 Å². The summed E-state index contributed by atoms with van der Waals surface area (Å²) in [6.07, 6.45) is 0. The Bertz CT molecular complexity index is 7460. The molecule has 0 radical (unpaired) electrons. The van der Waals surface area contributed by atoms with E-state index in [2.05, 4.69) is 387 Å². The Labute approximate surface area is 691 Å². The molecule has 0 aliphatic heterocycles. The van der Waals surface area contributed by atoms with E-state index in [0.29, 0.717) is 0 Å². The number of aryl methyl sites for hydroxylation is 4. The number of nitrogens with zero attached hydrogens (tertiary/aromatic N) is 4. The van der Waals surface area contributed by atoms with E-state index >= 15 is 0 Å². The maximum absolute atomic E-state index is 6.36. The summed E-state index contributed by atoms with van der Waals surface area (Å²) in [4.78, 5) is 9.83. The van der Waals surface area contributed by atoms with Crippen molar-refractivity contribution >= 4 is 221 Å². The molecule has 0 amide bonds. The zero-order chi connectivity index (χ0) is 79.8. The molecule has 0 saturated heterocycles. The van der Waals surface area contributed by atoms with Crippen LogP contribution < -0.4 is 19.6 Å². The normalized spacial score (nSPS) is 11.8. The van der Waals surface area contributed by atoms with Gasteiger partial charge in [0.1, 0.15) is 44.7 Å². The molecule has 568 valence electrons. The maximum atomic E-state index is 6.36. The van der Waals surface area contributed by atoms with E-state index in [9.17, 15) is 0 Å². The first kappa shape index (κ1) is 69.8. The smallest absolute Gasteiger partial charge is 0.135 e. The van der Waals surface area contributed by atoms with Crippen LogP contribution in [0.15, 0.2) is 406 Å². The number of fused-ring (bicyclic) bond motifs is 18. The molecule has 8 nitrogen and oxygen atoms in total. The summed E-state index contributed by atoms with van der Waals surface area (Å²) in [7, 11) is 0. The van der Waals surface area contributed by atoms with Crippen LogP contribution in [-0.4, -0.2) is 0 Å². The number of hydrogen-bond acceptors (Lipinski definition) is 8. The Kier molecular flexibility index (Phi) is 16.3. The number of furan rings is 4. The monoisotopic (exact) mass is 1540 g/mol. The maximum Gasteiger partial charge on any atom is 0.135 e. The van der Waals surface area contributed by atoms with Crippen LogP contribution in [0.2, 0.25) is 0 Å². The topological polar surface area (TPSA) is 65.5 Å². The minimum Gasteiger partial charge on any atom is -0.456 e. The molecule has 0 bridgehead atoms. The minimum atomic E-state index is 0.872. The van der Waals surface area contributed by atoms with E-state index in [-0.39, 0.29) is 0 Å². The highest BCUT2D eigenvalue weighted by Gasteiger charge is 2.30. The fourth-order valence-corrected chi connectivity index (χ4v) is 18.7. The molecule has 0 N–H and O–H groups in total. The summed E-state index contributed by atoms with van der Waals surface area (Å²) in [6.45, 7) is 8.67. The van der Waals surface area contributed by atoms with Crippen molar-refractivity contribution in [3.63, 3.8) is 0 Å². The van der Waals surface area contributed by atoms with Crippen LogP contribution in [0.1, 0.15) is 22.3 Å². The number of benzene rings is 20. The number of hydrogen-bond donors (Lipinski definition) is 0. The van der Waals surface area contributed by atoms with Crippen LogP contribution in [0, 0.1) is 27.7 Å². The Morgan fingerprint density at radius 3 is 0.625 bits per heavy atom. The van der Waals surface area contributed by atoms with Gasteiger partial charge in [0.25, 0.3) is 0 Å². The predicted molar refractivity (Wildman–Crippen MR) is 505 cm³/mol. The van der Waals surface area contributed by atoms with Crippen molar-refractivity contribution in [1.29, 1.82) is 0 Å². The summed E-state index contributed by atoms with van der Waals surface area (Å²) in [5.74, 6) is 0. The highest BCUT2D eigenvalue weighted by atomic mass is 16.3. The highest BCUT2D eigenvalue weighted by molar-refractivity contribution is 6.28. The molecule has 0 atom stereocenters. The Balaban J connectivity index is 0.000000140. The Morgan fingerprint density at radius 1 is 0.142 bits per heavy atom. The van der Waals surface area contributed by atoms with E-state index in [0.717, 1.165) is 199 Å². The van der Waals surface area contributed by atoms with Crippen molar-refractivity contribution < 1.29 is 17.7 Å². The van der Waals surface area contributed by atoms with E-state index < -0.39 is 0 Å². The second kappa shape index (κ2) is 28.1. The van der Waals surface area contributed by atoms with Gasteiger partial charge in [0.05, 0.1) is 22.7 Å². The van der Waals surface area contributed by atoms with Gasteiger partial charge in [-0.1, -0.05) is 218 Å². The largest absolute Gasteiger partial charge is 0.456 e. The van der Waals surface area contributed by atoms with Crippen LogP contribution in [0.3, 0.4) is 0 Å². The molecule has 4 heterocycles. The van der Waals surface area contributed by atoms with Gasteiger partial charge in [-0.25, -0.2) is 0 Å². The first-order valence-electron chi connectivity index (χ1n) is 41.0. The van der Waals surface area contributed by atoms with Crippen LogP contribution in [0.5, 0.6) is 0 Å². The third-order valence-corrected chi connectivity index (χ3v) is 24.1. The summed E-state index contributed by atoms with van der Waals surface area (Å²) >= 11 is 0. The summed E-state index contributed by atoms with van der Waals surface area (Å²) in [6, 6.07) is 140. The van der Waals surface area contributed by atoms with Gasteiger partial charge in [0.15, 0.2) is 0 Å². The third-order valence-electron chi connectivity index (χ3n) is 24.1. The van der Waals surface area contributed by atoms with Gasteiger partial charge in [-0.05, 0) is 241 Å². The van der Waals surface area contributed by atoms with Gasteiger partial charge in [-0.15, -0.1) is 0 Å². The van der Waals surface area contributed by atoms with Crippen LogP contribution in [0.25, 0.3) is 152 Å². The van der Waals surface area contributed by atoms with Gasteiger partial charge in [0.2, 0.25) is 0 Å². The molecule has 120 heavy (non-hydrogen) atoms. The zero-order valence-corrected chi connectivity index (χ0v) is 66.4. The van der Waals surface area contributed by atoms with Gasteiger partial charge >= 0.3 is 0 Å². The predicted octanol–water partition coefficient (Wildman–Crippen LogP) is 33.0. The molecule has 0 aliphatic rings. The molecule has 8 heteroatoms. The molecule has 0 saturated carbocycles. The van der Waals surface area contributed by atoms with E-state index in [1.807, 2.05) is 48.5 Å². The van der Waals surface area contributed by atoms with E-state index in [1.165, 1.54) is 43.8 Å². The van der Waals surface area contributed by atoms with Crippen molar-refractivity contribution in [2.24, 2.45) is 0 Å². The average Bonchev–Trinajstić information content (AvgIpc) is 0.823. The molecule has 24 rings (SSSR count). The standard InChI is InChI=1S/2C56H38N2O2/c1-35-13-11-17-39(29-35)57(41-25-27-53-47(33-41)45-21-7-9-23-51(45)59-53)55-43-19-5-3-15-37(43)32-50-49(55)31-38-16-4-6-20-44(38)56(50)58(40-18-12-14-36(2)30-40)42-26-28-54-48(34-42)46-22-8-10-24-52(46)60-54;1-35-13-11-17-39(29-35)57(41-25-27-53-47(33-41)43-19-7-9-23-51(43)59-53)55-45-21-5-6-22-46(45)56(50-32-38-16-4-3-15-37(38)31-49(50)55)58(40-18-12-14-36(2)30-40)42-26-28-54-48(34-42)44-20-8-10-24-52(44)60-54/h2*3-34H,1-2H3. The van der Waals surface area contributed by atoms with E-state index in [1.54, 1.807) is 0 Å². The van der Waals surface area contributed by atoms with Crippen molar-refractivity contribution in [1.82, 2.24) is 0 Å². The number of rotatable bonds is 12. The summed E-state index contributed by atoms with van der Waals surface area (Å²) in [5, 5.41) is 22.6. The van der Waals surface area contributed by atoms with Crippen LogP contribution >= 0.6 is 0 Å². The first-order chi connectivity index (χ1) is 59.1. The molecule has 4 aromatic heterocycles. The fraction of sp³-hybridized carbons (Fsp3) is 0.0357. The van der Waals surface area contributed by atoms with Crippen molar-refractivity contribution in [3.05, 3.63) is 411 Å². The number of para-hydroxylation sites is 4. The van der Waals surface area contributed by atoms with Crippen molar-refractivity contribution in [2.45, 2.75) is 27.7 Å². The second-order valence-corrected chi connectivity index (χ2v) is 31.8. The molecule has 24 aromatic rings. The van der Waals surface area contributed by atoms with Gasteiger partial charge in [-0.2, -0.15) is 0 Å². The first-order valence-corrected chi connectivity index (χ1v) is 41.0. The van der Waals surface area contributed by atoms with Gasteiger partial charge in [0, 0.05) is 132 Å². The molecule has 20 aromatic carbocycles. The lowest BCUT2D eigenvalue weighted by molar-refractivity contribution is 0.668. The lowest BCUT2D eigenvalue weighted by Gasteiger charge is -2.33. The van der Waals surface area contributed by atoms with Crippen molar-refractivity contribution in [2.75, 3.05) is 19.6 Å². The van der Waals surface area contributed by atoms with E-state index in [4.69, 9.17) is 17.7 Å². The third kappa shape index (κ3) is 11.7. The molecule has 0 fully saturated rings. The van der Waals surface area contributed by atoms with Gasteiger partial charge < -0.3 is 37.3 Å². The SMILES string of the molecule is Cc1cccc(N(c2ccc3oc4ccccc4c3c2)c2c3ccccc3c(N(c3cccc(C)c3)c3ccc4oc5ccccc5c4c3)c3cc4ccccc4cc23)c1.Cc1cccc(N(c2ccc3oc4ccccc4c3c2)c2c3ccccc3cc3c(N(c4cccc(C)c4)c4ccc5oc6ccccc6c5c4)c4ccccc4cc23)c1. The molecule has 0 unspecified atom stereocenters. The Hall–Kier alpha value is -15.6.